The van der Waals surface area contributed by atoms with Gasteiger partial charge in [0, 0.05) is 6.08 Å². The number of hydrogen-bond donors (Lipinski definition) is 0. The molecule has 1 aliphatic rings. The summed E-state index contributed by atoms with van der Waals surface area (Å²) >= 11 is 0. The third kappa shape index (κ3) is 4.48. The van der Waals surface area contributed by atoms with Crippen molar-refractivity contribution in [1.82, 2.24) is 0 Å². The van der Waals surface area contributed by atoms with Crippen LogP contribution in [0.5, 0.6) is 11.5 Å². The largest absolute Gasteiger partial charge is 0.493 e. The van der Waals surface area contributed by atoms with Gasteiger partial charge in [-0.3, -0.25) is 0 Å². The van der Waals surface area contributed by atoms with Gasteiger partial charge in [-0.1, -0.05) is 6.07 Å². The van der Waals surface area contributed by atoms with Crippen LogP contribution >= 0.6 is 0 Å². The molecule has 5 heteroatoms. The van der Waals surface area contributed by atoms with Crippen LogP contribution in [0.15, 0.2) is 30.4 Å². The molecule has 0 radical (unpaired) electrons. The quantitative estimate of drug-likeness (QED) is 0.419. The number of benzene rings is 1. The van der Waals surface area contributed by atoms with Crippen LogP contribution in [0.1, 0.15) is 25.3 Å². The third-order valence-electron chi connectivity index (χ3n) is 4.11. The minimum Gasteiger partial charge on any atom is -0.493 e. The summed E-state index contributed by atoms with van der Waals surface area (Å²) < 4.78 is 20.8. The van der Waals surface area contributed by atoms with Crippen molar-refractivity contribution in [3.63, 3.8) is 0 Å². The van der Waals surface area contributed by atoms with Crippen LogP contribution in [0.2, 0.25) is 0 Å². The van der Waals surface area contributed by atoms with E-state index in [4.69, 9.17) is 14.2 Å². The van der Waals surface area contributed by atoms with Crippen LogP contribution in [0.3, 0.4) is 0 Å². The molecule has 0 unspecified atom stereocenters. The van der Waals surface area contributed by atoms with Crippen molar-refractivity contribution in [3.05, 3.63) is 35.9 Å². The fourth-order valence-electron chi connectivity index (χ4n) is 2.59. The standard InChI is InChI=1S/C18H24O5/c1-18(11-10-17(19)22-4)16(23-18)7-5-6-13-8-9-14(20-2)15(12-13)21-3/h8-12,16H,5-7H2,1-4H3/b11-10+/t16-,18-/m1/s1. The normalized spacial score (nSPS) is 22.9. The van der Waals surface area contributed by atoms with E-state index < -0.39 is 0 Å². The Morgan fingerprint density at radius 2 is 2.00 bits per heavy atom. The number of ether oxygens (including phenoxy) is 4. The molecule has 2 atom stereocenters. The van der Waals surface area contributed by atoms with E-state index in [9.17, 15) is 4.79 Å². The zero-order chi connectivity index (χ0) is 16.9. The average Bonchev–Trinajstić information content (AvgIpc) is 3.22. The first kappa shape index (κ1) is 17.3. The highest BCUT2D eigenvalue weighted by Gasteiger charge is 2.49. The Bertz CT molecular complexity index is 581. The van der Waals surface area contributed by atoms with E-state index in [1.54, 1.807) is 20.3 Å². The lowest BCUT2D eigenvalue weighted by Gasteiger charge is -2.09. The highest BCUT2D eigenvalue weighted by atomic mass is 16.6. The number of esters is 1. The fraction of sp³-hybridized carbons (Fsp3) is 0.500. The minimum atomic E-state index is -0.356. The number of epoxide rings is 1. The van der Waals surface area contributed by atoms with E-state index >= 15 is 0 Å². The minimum absolute atomic E-state index is 0.156. The van der Waals surface area contributed by atoms with Crippen LogP contribution in [0.25, 0.3) is 0 Å². The number of aryl methyl sites for hydroxylation is 1. The van der Waals surface area contributed by atoms with Crippen molar-refractivity contribution in [2.75, 3.05) is 21.3 Å². The van der Waals surface area contributed by atoms with E-state index in [0.717, 1.165) is 30.8 Å². The lowest BCUT2D eigenvalue weighted by atomic mass is 10.0. The number of carbonyl (C=O) groups is 1. The maximum atomic E-state index is 11.1. The summed E-state index contributed by atoms with van der Waals surface area (Å²) in [7, 11) is 4.63. The van der Waals surface area contributed by atoms with Gasteiger partial charge in [0.15, 0.2) is 11.5 Å². The zero-order valence-electron chi connectivity index (χ0n) is 14.1. The van der Waals surface area contributed by atoms with Crippen LogP contribution < -0.4 is 9.47 Å². The van der Waals surface area contributed by atoms with Crippen LogP contribution in [-0.2, 0) is 20.7 Å². The first-order valence-corrected chi connectivity index (χ1v) is 7.68. The summed E-state index contributed by atoms with van der Waals surface area (Å²) in [5.74, 6) is 1.13. The van der Waals surface area contributed by atoms with Gasteiger partial charge in [0.25, 0.3) is 0 Å². The highest BCUT2D eigenvalue weighted by Crippen LogP contribution is 2.40. The molecule has 0 aliphatic carbocycles. The highest BCUT2D eigenvalue weighted by molar-refractivity contribution is 5.82. The molecule has 1 aromatic rings. The van der Waals surface area contributed by atoms with Gasteiger partial charge in [-0.15, -0.1) is 0 Å². The molecular formula is C18H24O5. The van der Waals surface area contributed by atoms with Gasteiger partial charge in [0.2, 0.25) is 0 Å². The molecule has 1 saturated heterocycles. The van der Waals surface area contributed by atoms with E-state index in [1.165, 1.54) is 18.7 Å². The number of methoxy groups -OCH3 is 3. The van der Waals surface area contributed by atoms with Crippen molar-refractivity contribution in [3.8, 4) is 11.5 Å². The summed E-state index contributed by atoms with van der Waals surface area (Å²) in [6, 6.07) is 5.97. The molecule has 0 bridgehead atoms. The smallest absolute Gasteiger partial charge is 0.330 e. The number of rotatable bonds is 8. The molecule has 126 valence electrons. The van der Waals surface area contributed by atoms with E-state index in [1.807, 2.05) is 25.1 Å². The van der Waals surface area contributed by atoms with Gasteiger partial charge in [0.1, 0.15) is 5.60 Å². The van der Waals surface area contributed by atoms with Crippen molar-refractivity contribution in [1.29, 1.82) is 0 Å². The number of hydrogen-bond acceptors (Lipinski definition) is 5. The molecule has 1 heterocycles. The van der Waals surface area contributed by atoms with E-state index in [-0.39, 0.29) is 17.7 Å². The predicted molar refractivity (Wildman–Crippen MR) is 86.9 cm³/mol. The van der Waals surface area contributed by atoms with Crippen molar-refractivity contribution in [2.45, 2.75) is 37.9 Å². The summed E-state index contributed by atoms with van der Waals surface area (Å²) in [6.45, 7) is 1.98. The first-order chi connectivity index (χ1) is 11.0. The zero-order valence-corrected chi connectivity index (χ0v) is 14.1. The third-order valence-corrected chi connectivity index (χ3v) is 4.11. The molecule has 0 spiro atoms. The van der Waals surface area contributed by atoms with Crippen molar-refractivity contribution in [2.24, 2.45) is 0 Å². The molecule has 2 rings (SSSR count). The Morgan fingerprint density at radius 3 is 2.65 bits per heavy atom. The van der Waals surface area contributed by atoms with Gasteiger partial charge in [-0.25, -0.2) is 4.79 Å². The summed E-state index contributed by atoms with van der Waals surface area (Å²) in [6.07, 6.45) is 6.24. The van der Waals surface area contributed by atoms with Crippen LogP contribution in [-0.4, -0.2) is 39.0 Å². The van der Waals surface area contributed by atoms with Crippen molar-refractivity contribution < 1.29 is 23.7 Å². The topological polar surface area (TPSA) is 57.3 Å². The fourth-order valence-corrected chi connectivity index (χ4v) is 2.59. The SMILES string of the molecule is COC(=O)/C=C/[C@@]1(C)O[C@@H]1CCCc1ccc(OC)c(OC)c1. The van der Waals surface area contributed by atoms with Gasteiger partial charge < -0.3 is 18.9 Å². The van der Waals surface area contributed by atoms with Gasteiger partial charge in [-0.2, -0.15) is 0 Å². The molecule has 1 aliphatic heterocycles. The summed E-state index contributed by atoms with van der Waals surface area (Å²) in [4.78, 5) is 11.1. The van der Waals surface area contributed by atoms with Crippen molar-refractivity contribution >= 4 is 5.97 Å². The Hall–Kier alpha value is -2.01. The maximum Gasteiger partial charge on any atom is 0.330 e. The maximum absolute atomic E-state index is 11.1. The van der Waals surface area contributed by atoms with Crippen LogP contribution in [0, 0.1) is 0 Å². The molecule has 0 aromatic heterocycles. The summed E-state index contributed by atoms with van der Waals surface area (Å²) in [5, 5.41) is 0. The predicted octanol–water partition coefficient (Wildman–Crippen LogP) is 2.91. The number of carbonyl (C=O) groups excluding carboxylic acids is 1. The van der Waals surface area contributed by atoms with Gasteiger partial charge in [0.05, 0.1) is 27.4 Å². The van der Waals surface area contributed by atoms with Gasteiger partial charge >= 0.3 is 5.97 Å². The molecule has 1 fully saturated rings. The molecule has 5 nitrogen and oxygen atoms in total. The molecule has 23 heavy (non-hydrogen) atoms. The van der Waals surface area contributed by atoms with E-state index in [2.05, 4.69) is 4.74 Å². The average molecular weight is 320 g/mol. The molecule has 0 N–H and O–H groups in total. The Morgan fingerprint density at radius 1 is 1.26 bits per heavy atom. The lowest BCUT2D eigenvalue weighted by Crippen LogP contribution is -2.07. The Labute approximate surface area is 137 Å². The lowest BCUT2D eigenvalue weighted by molar-refractivity contribution is -0.134. The summed E-state index contributed by atoms with van der Waals surface area (Å²) in [5.41, 5.74) is 0.862. The molecule has 0 saturated carbocycles. The molecule has 0 amide bonds. The Kier molecular flexibility index (Phi) is 5.66. The van der Waals surface area contributed by atoms with Gasteiger partial charge in [-0.05, 0) is 50.0 Å². The van der Waals surface area contributed by atoms with E-state index in [0.29, 0.717) is 0 Å². The molecule has 1 aromatic carbocycles. The second kappa shape index (κ2) is 7.51. The molecular weight excluding hydrogens is 296 g/mol. The van der Waals surface area contributed by atoms with Crippen LogP contribution in [0.4, 0.5) is 0 Å². The Balaban J connectivity index is 1.80. The second-order valence-corrected chi connectivity index (χ2v) is 5.73. The first-order valence-electron chi connectivity index (χ1n) is 7.68. The monoisotopic (exact) mass is 320 g/mol. The second-order valence-electron chi connectivity index (χ2n) is 5.73.